The van der Waals surface area contributed by atoms with E-state index in [1.54, 1.807) is 44.2 Å². The summed E-state index contributed by atoms with van der Waals surface area (Å²) in [4.78, 5) is 12.7. The average Bonchev–Trinajstić information content (AvgIpc) is 2.60. The molecule has 0 radical (unpaired) electrons. The zero-order chi connectivity index (χ0) is 19.5. The number of anilines is 2. The molecule has 0 heterocycles. The van der Waals surface area contributed by atoms with E-state index in [1.807, 2.05) is 13.8 Å². The van der Waals surface area contributed by atoms with Crippen LogP contribution in [-0.4, -0.2) is 31.7 Å². The summed E-state index contributed by atoms with van der Waals surface area (Å²) in [5.74, 6) is -0.315. The van der Waals surface area contributed by atoms with E-state index in [0.29, 0.717) is 30.0 Å². The first-order valence-electron chi connectivity index (χ1n) is 8.49. The first-order chi connectivity index (χ1) is 12.2. The van der Waals surface area contributed by atoms with Crippen LogP contribution in [0.1, 0.15) is 35.3 Å². The van der Waals surface area contributed by atoms with Crippen molar-refractivity contribution in [1.29, 1.82) is 0 Å². The van der Waals surface area contributed by atoms with Gasteiger partial charge in [0.15, 0.2) is 0 Å². The first-order valence-corrected chi connectivity index (χ1v) is 9.93. The smallest absolute Gasteiger partial charge is 0.255 e. The minimum atomic E-state index is -3.60. The number of rotatable bonds is 6. The van der Waals surface area contributed by atoms with E-state index in [0.717, 1.165) is 11.1 Å². The van der Waals surface area contributed by atoms with Gasteiger partial charge in [0, 0.05) is 30.0 Å². The molecule has 0 spiro atoms. The Morgan fingerprint density at radius 1 is 1.07 bits per heavy atom. The van der Waals surface area contributed by atoms with Crippen LogP contribution >= 0.6 is 12.4 Å². The van der Waals surface area contributed by atoms with Gasteiger partial charge in [-0.15, -0.1) is 12.4 Å². The normalized spacial score (nSPS) is 11.1. The van der Waals surface area contributed by atoms with Crippen molar-refractivity contribution in [1.82, 2.24) is 4.31 Å². The zero-order valence-corrected chi connectivity index (χ0v) is 17.6. The van der Waals surface area contributed by atoms with Crippen LogP contribution in [0.2, 0.25) is 0 Å². The van der Waals surface area contributed by atoms with Crippen molar-refractivity contribution >= 4 is 39.7 Å². The molecule has 148 valence electrons. The third-order valence-corrected chi connectivity index (χ3v) is 6.43. The summed E-state index contributed by atoms with van der Waals surface area (Å²) >= 11 is 0. The predicted octanol–water partition coefficient (Wildman–Crippen LogP) is 3.59. The van der Waals surface area contributed by atoms with Gasteiger partial charge in [-0.1, -0.05) is 13.8 Å². The van der Waals surface area contributed by atoms with Crippen LogP contribution in [0.25, 0.3) is 0 Å². The number of nitrogens with two attached hydrogens (primary N) is 1. The molecule has 0 aliphatic heterocycles. The number of carbonyl (C=O) groups is 1. The van der Waals surface area contributed by atoms with Crippen molar-refractivity contribution in [3.8, 4) is 0 Å². The fourth-order valence-electron chi connectivity index (χ4n) is 2.65. The molecule has 0 aromatic heterocycles. The Kier molecular flexibility index (Phi) is 7.83. The standard InChI is InChI=1S/C19H25N3O3S.ClH/c1-5-22(6-2)26(24,25)17-11-13(3)14(4)18(12-17)21-19(23)15-7-9-16(20)10-8-15;/h7-12H,5-6,20H2,1-4H3,(H,21,23);1H. The average molecular weight is 412 g/mol. The molecule has 0 aliphatic carbocycles. The molecule has 1 amide bonds. The molecule has 2 rings (SSSR count). The van der Waals surface area contributed by atoms with Gasteiger partial charge < -0.3 is 11.1 Å². The molecule has 0 saturated heterocycles. The van der Waals surface area contributed by atoms with Crippen LogP contribution in [0.5, 0.6) is 0 Å². The van der Waals surface area contributed by atoms with Crippen molar-refractivity contribution in [3.05, 3.63) is 53.1 Å². The summed E-state index contributed by atoms with van der Waals surface area (Å²) < 4.78 is 27.0. The van der Waals surface area contributed by atoms with Crippen LogP contribution in [0.4, 0.5) is 11.4 Å². The van der Waals surface area contributed by atoms with E-state index in [2.05, 4.69) is 5.32 Å². The largest absolute Gasteiger partial charge is 0.399 e. The van der Waals surface area contributed by atoms with Gasteiger partial charge in [-0.3, -0.25) is 4.79 Å². The topological polar surface area (TPSA) is 92.5 Å². The lowest BCUT2D eigenvalue weighted by Crippen LogP contribution is -2.30. The van der Waals surface area contributed by atoms with E-state index < -0.39 is 10.0 Å². The second kappa shape index (κ2) is 9.21. The van der Waals surface area contributed by atoms with Gasteiger partial charge in [0.2, 0.25) is 10.0 Å². The number of hydrogen-bond acceptors (Lipinski definition) is 4. The molecule has 0 bridgehead atoms. The second-order valence-corrected chi connectivity index (χ2v) is 8.02. The van der Waals surface area contributed by atoms with E-state index >= 15 is 0 Å². The number of sulfonamides is 1. The van der Waals surface area contributed by atoms with Gasteiger partial charge in [-0.25, -0.2) is 8.42 Å². The van der Waals surface area contributed by atoms with Gasteiger partial charge in [0.05, 0.1) is 4.90 Å². The van der Waals surface area contributed by atoms with Gasteiger partial charge in [-0.2, -0.15) is 4.31 Å². The number of amides is 1. The number of aryl methyl sites for hydroxylation is 1. The molecular formula is C19H26ClN3O3S. The SMILES string of the molecule is CCN(CC)S(=O)(=O)c1cc(C)c(C)c(NC(=O)c2ccc(N)cc2)c1.Cl. The van der Waals surface area contributed by atoms with Crippen LogP contribution in [-0.2, 0) is 10.0 Å². The van der Waals surface area contributed by atoms with Crippen LogP contribution in [0.15, 0.2) is 41.3 Å². The lowest BCUT2D eigenvalue weighted by Gasteiger charge is -2.20. The highest BCUT2D eigenvalue weighted by molar-refractivity contribution is 7.89. The number of halogens is 1. The summed E-state index contributed by atoms with van der Waals surface area (Å²) in [5, 5.41) is 2.81. The molecule has 27 heavy (non-hydrogen) atoms. The summed E-state index contributed by atoms with van der Waals surface area (Å²) in [5.41, 5.74) is 8.77. The summed E-state index contributed by atoms with van der Waals surface area (Å²) in [7, 11) is -3.60. The summed E-state index contributed by atoms with van der Waals surface area (Å²) in [6.45, 7) is 8.05. The van der Waals surface area contributed by atoms with Crippen LogP contribution in [0.3, 0.4) is 0 Å². The Balaban J connectivity index is 0.00000364. The number of nitrogens with one attached hydrogen (secondary N) is 1. The summed E-state index contributed by atoms with van der Waals surface area (Å²) in [6.07, 6.45) is 0. The fraction of sp³-hybridized carbons (Fsp3) is 0.316. The molecule has 8 heteroatoms. The molecule has 0 atom stereocenters. The van der Waals surface area contributed by atoms with Crippen molar-refractivity contribution in [2.45, 2.75) is 32.6 Å². The number of benzene rings is 2. The monoisotopic (exact) mass is 411 g/mol. The van der Waals surface area contributed by atoms with Gasteiger partial charge in [0.25, 0.3) is 5.91 Å². The fourth-order valence-corrected chi connectivity index (χ4v) is 4.22. The van der Waals surface area contributed by atoms with Crippen molar-refractivity contribution in [3.63, 3.8) is 0 Å². The molecular weight excluding hydrogens is 386 g/mol. The number of carbonyl (C=O) groups excluding carboxylic acids is 1. The molecule has 2 aromatic rings. The summed E-state index contributed by atoms with van der Waals surface area (Å²) in [6, 6.07) is 9.71. The minimum absolute atomic E-state index is 0. The maximum atomic E-state index is 12.8. The predicted molar refractivity (Wildman–Crippen MR) is 112 cm³/mol. The van der Waals surface area contributed by atoms with Crippen LogP contribution < -0.4 is 11.1 Å². The lowest BCUT2D eigenvalue weighted by atomic mass is 10.1. The highest BCUT2D eigenvalue weighted by atomic mass is 35.5. The Bertz CT molecular complexity index is 909. The van der Waals surface area contributed by atoms with Crippen molar-refractivity contribution in [2.75, 3.05) is 24.1 Å². The Labute approximate surface area is 167 Å². The van der Waals surface area contributed by atoms with Gasteiger partial charge in [-0.05, 0) is 61.4 Å². The molecule has 6 nitrogen and oxygen atoms in total. The highest BCUT2D eigenvalue weighted by Gasteiger charge is 2.23. The maximum absolute atomic E-state index is 12.8. The van der Waals surface area contributed by atoms with E-state index in [-0.39, 0.29) is 23.2 Å². The van der Waals surface area contributed by atoms with E-state index in [1.165, 1.54) is 10.4 Å². The third kappa shape index (κ3) is 5.00. The third-order valence-electron chi connectivity index (χ3n) is 4.41. The highest BCUT2D eigenvalue weighted by Crippen LogP contribution is 2.26. The second-order valence-electron chi connectivity index (χ2n) is 6.08. The molecule has 3 N–H and O–H groups in total. The minimum Gasteiger partial charge on any atom is -0.399 e. The quantitative estimate of drug-likeness (QED) is 0.710. The van der Waals surface area contributed by atoms with E-state index in [4.69, 9.17) is 5.73 Å². The Morgan fingerprint density at radius 2 is 1.63 bits per heavy atom. The number of nitrogens with zero attached hydrogens (tertiary/aromatic N) is 1. The van der Waals surface area contributed by atoms with Crippen LogP contribution in [0, 0.1) is 13.8 Å². The van der Waals surface area contributed by atoms with Crippen molar-refractivity contribution in [2.24, 2.45) is 0 Å². The van der Waals surface area contributed by atoms with Gasteiger partial charge >= 0.3 is 0 Å². The van der Waals surface area contributed by atoms with Gasteiger partial charge in [0.1, 0.15) is 0 Å². The molecule has 0 aliphatic rings. The number of hydrogen-bond donors (Lipinski definition) is 2. The molecule has 0 fully saturated rings. The number of nitrogen functional groups attached to an aromatic ring is 1. The maximum Gasteiger partial charge on any atom is 0.255 e. The lowest BCUT2D eigenvalue weighted by molar-refractivity contribution is 0.102. The molecule has 0 saturated carbocycles. The molecule has 2 aromatic carbocycles. The molecule has 0 unspecified atom stereocenters. The Morgan fingerprint density at radius 3 is 2.15 bits per heavy atom. The van der Waals surface area contributed by atoms with Crippen molar-refractivity contribution < 1.29 is 13.2 Å². The van der Waals surface area contributed by atoms with E-state index in [9.17, 15) is 13.2 Å². The zero-order valence-electron chi connectivity index (χ0n) is 15.9. The first kappa shape index (κ1) is 23.0. The Hall–Kier alpha value is -2.09.